The summed E-state index contributed by atoms with van der Waals surface area (Å²) < 4.78 is 15.5. The van der Waals surface area contributed by atoms with Crippen molar-refractivity contribution in [3.05, 3.63) is 72.7 Å². The summed E-state index contributed by atoms with van der Waals surface area (Å²) in [6.07, 6.45) is 1.79. The monoisotopic (exact) mass is 434 g/mol. The SMILES string of the molecule is CN(C)c1ccc(/C=c2\sc3nc(-c4cc(F)c(Cl)cc4Cl)nn3c2=O)cc1. The van der Waals surface area contributed by atoms with Crippen molar-refractivity contribution in [3.8, 4) is 11.4 Å². The zero-order valence-corrected chi connectivity index (χ0v) is 17.1. The van der Waals surface area contributed by atoms with E-state index < -0.39 is 5.82 Å². The van der Waals surface area contributed by atoms with Crippen LogP contribution in [0.2, 0.25) is 10.0 Å². The van der Waals surface area contributed by atoms with Gasteiger partial charge in [-0.25, -0.2) is 4.39 Å². The van der Waals surface area contributed by atoms with Crippen molar-refractivity contribution in [2.75, 3.05) is 19.0 Å². The molecule has 4 aromatic rings. The second kappa shape index (κ2) is 7.16. The number of anilines is 1. The first-order valence-electron chi connectivity index (χ1n) is 8.17. The lowest BCUT2D eigenvalue weighted by Crippen LogP contribution is -2.23. The number of halogens is 3. The molecule has 0 amide bonds. The van der Waals surface area contributed by atoms with Gasteiger partial charge in [0, 0.05) is 25.3 Å². The first kappa shape index (κ1) is 18.9. The van der Waals surface area contributed by atoms with E-state index in [0.717, 1.165) is 17.3 Å². The predicted octanol–water partition coefficient (Wildman–Crippen LogP) is 3.88. The molecule has 0 unspecified atom stereocenters. The summed E-state index contributed by atoms with van der Waals surface area (Å²) in [6, 6.07) is 10.3. The number of nitrogens with zero attached hydrogens (tertiary/aromatic N) is 4. The molecule has 0 saturated heterocycles. The van der Waals surface area contributed by atoms with Gasteiger partial charge in [-0.05, 0) is 35.9 Å². The van der Waals surface area contributed by atoms with E-state index >= 15 is 0 Å². The van der Waals surface area contributed by atoms with Gasteiger partial charge in [0.2, 0.25) is 4.96 Å². The molecule has 0 saturated carbocycles. The Kier molecular flexibility index (Phi) is 4.82. The molecule has 2 aromatic carbocycles. The van der Waals surface area contributed by atoms with Gasteiger partial charge < -0.3 is 4.90 Å². The lowest BCUT2D eigenvalue weighted by atomic mass is 10.2. The third-order valence-corrected chi connectivity index (χ3v) is 5.70. The average Bonchev–Trinajstić information content (AvgIpc) is 3.18. The lowest BCUT2D eigenvalue weighted by molar-refractivity contribution is 0.628. The molecule has 0 N–H and O–H groups in total. The minimum Gasteiger partial charge on any atom is -0.378 e. The van der Waals surface area contributed by atoms with Gasteiger partial charge in [0.1, 0.15) is 5.82 Å². The highest BCUT2D eigenvalue weighted by Gasteiger charge is 2.16. The highest BCUT2D eigenvalue weighted by atomic mass is 35.5. The fourth-order valence-corrected chi connectivity index (χ4v) is 4.04. The fourth-order valence-electron chi connectivity index (χ4n) is 2.66. The van der Waals surface area contributed by atoms with E-state index in [0.29, 0.717) is 9.49 Å². The van der Waals surface area contributed by atoms with Gasteiger partial charge in [-0.1, -0.05) is 46.7 Å². The summed E-state index contributed by atoms with van der Waals surface area (Å²) >= 11 is 13.0. The molecule has 0 aliphatic carbocycles. The Morgan fingerprint density at radius 3 is 2.50 bits per heavy atom. The molecule has 28 heavy (non-hydrogen) atoms. The van der Waals surface area contributed by atoms with Crippen molar-refractivity contribution in [3.63, 3.8) is 0 Å². The van der Waals surface area contributed by atoms with Crippen LogP contribution in [-0.2, 0) is 0 Å². The number of hydrogen-bond donors (Lipinski definition) is 0. The summed E-state index contributed by atoms with van der Waals surface area (Å²) in [5.41, 5.74) is 1.96. The first-order chi connectivity index (χ1) is 13.3. The van der Waals surface area contributed by atoms with E-state index in [1.54, 1.807) is 6.08 Å². The molecule has 4 rings (SSSR count). The zero-order chi connectivity index (χ0) is 20.0. The molecule has 2 aromatic heterocycles. The van der Waals surface area contributed by atoms with Crippen LogP contribution in [0.25, 0.3) is 22.4 Å². The second-order valence-corrected chi connectivity index (χ2v) is 8.10. The highest BCUT2D eigenvalue weighted by molar-refractivity contribution is 7.15. The van der Waals surface area contributed by atoms with Gasteiger partial charge in [-0.3, -0.25) is 4.79 Å². The standard InChI is InChI=1S/C19H13Cl2FN4OS/c1-25(2)11-5-3-10(4-6-11)7-16-18(27)26-19(28-16)23-17(24-26)12-8-15(22)14(21)9-13(12)20/h3-9H,1-2H3/b16-7-. The molecule has 5 nitrogen and oxygen atoms in total. The van der Waals surface area contributed by atoms with Crippen molar-refractivity contribution >= 4 is 51.3 Å². The van der Waals surface area contributed by atoms with Crippen molar-refractivity contribution in [1.29, 1.82) is 0 Å². The molecule has 9 heteroatoms. The number of benzene rings is 2. The Bertz CT molecular complexity index is 1300. The van der Waals surface area contributed by atoms with Crippen LogP contribution in [0.1, 0.15) is 5.56 Å². The van der Waals surface area contributed by atoms with Gasteiger partial charge >= 0.3 is 0 Å². The van der Waals surface area contributed by atoms with E-state index in [-0.39, 0.29) is 27.0 Å². The molecule has 0 radical (unpaired) electrons. The Balaban J connectivity index is 1.76. The molecule has 2 heterocycles. The van der Waals surface area contributed by atoms with Gasteiger partial charge in [0.05, 0.1) is 14.6 Å². The van der Waals surface area contributed by atoms with E-state index in [4.69, 9.17) is 23.2 Å². The smallest absolute Gasteiger partial charge is 0.291 e. The lowest BCUT2D eigenvalue weighted by Gasteiger charge is -2.11. The largest absolute Gasteiger partial charge is 0.378 e. The third-order valence-electron chi connectivity index (χ3n) is 4.14. The predicted molar refractivity (Wildman–Crippen MR) is 112 cm³/mol. The van der Waals surface area contributed by atoms with Gasteiger partial charge in [-0.2, -0.15) is 9.50 Å². The quantitative estimate of drug-likeness (QED) is 0.459. The number of hydrogen-bond acceptors (Lipinski definition) is 5. The van der Waals surface area contributed by atoms with Crippen molar-refractivity contribution in [1.82, 2.24) is 14.6 Å². The minimum absolute atomic E-state index is 0.0866. The molecule has 0 atom stereocenters. The Hall–Kier alpha value is -2.48. The molecule has 142 valence electrons. The molecule has 0 spiro atoms. The van der Waals surface area contributed by atoms with Crippen LogP contribution in [0.15, 0.2) is 41.2 Å². The topological polar surface area (TPSA) is 50.5 Å². The Morgan fingerprint density at radius 1 is 1.14 bits per heavy atom. The third kappa shape index (κ3) is 3.37. The summed E-state index contributed by atoms with van der Waals surface area (Å²) in [4.78, 5) is 19.4. The minimum atomic E-state index is -0.628. The maximum absolute atomic E-state index is 13.8. The van der Waals surface area contributed by atoms with Crippen LogP contribution in [0.5, 0.6) is 0 Å². The highest BCUT2D eigenvalue weighted by Crippen LogP contribution is 2.30. The van der Waals surface area contributed by atoms with E-state index in [9.17, 15) is 9.18 Å². The average molecular weight is 435 g/mol. The molecule has 0 bridgehead atoms. The number of fused-ring (bicyclic) bond motifs is 1. The van der Waals surface area contributed by atoms with Crippen molar-refractivity contribution in [2.24, 2.45) is 0 Å². The Morgan fingerprint density at radius 2 is 1.86 bits per heavy atom. The first-order valence-corrected chi connectivity index (χ1v) is 9.74. The van der Waals surface area contributed by atoms with Crippen LogP contribution in [0.4, 0.5) is 10.1 Å². The molecule has 0 fully saturated rings. The van der Waals surface area contributed by atoms with E-state index in [1.165, 1.54) is 21.9 Å². The van der Waals surface area contributed by atoms with Crippen LogP contribution >= 0.6 is 34.5 Å². The Labute approximate surface area is 173 Å². The number of thiazole rings is 1. The van der Waals surface area contributed by atoms with Crippen molar-refractivity contribution < 1.29 is 4.39 Å². The van der Waals surface area contributed by atoms with Crippen LogP contribution in [0.3, 0.4) is 0 Å². The van der Waals surface area contributed by atoms with Crippen LogP contribution in [-0.4, -0.2) is 28.7 Å². The maximum atomic E-state index is 13.8. The van der Waals surface area contributed by atoms with Gasteiger partial charge in [0.25, 0.3) is 5.56 Å². The normalized spacial score (nSPS) is 12.1. The van der Waals surface area contributed by atoms with E-state index in [1.807, 2.05) is 43.3 Å². The maximum Gasteiger partial charge on any atom is 0.291 e. The summed E-state index contributed by atoms with van der Waals surface area (Å²) in [5, 5.41) is 4.32. The second-order valence-electron chi connectivity index (χ2n) is 6.28. The molecular weight excluding hydrogens is 422 g/mol. The summed E-state index contributed by atoms with van der Waals surface area (Å²) in [6.45, 7) is 0. The molecule has 0 aliphatic heterocycles. The molecule has 0 aliphatic rings. The van der Waals surface area contributed by atoms with Crippen LogP contribution < -0.4 is 15.0 Å². The number of aromatic nitrogens is 3. The summed E-state index contributed by atoms with van der Waals surface area (Å²) in [5.74, 6) is -0.456. The fraction of sp³-hybridized carbons (Fsp3) is 0.105. The summed E-state index contributed by atoms with van der Waals surface area (Å²) in [7, 11) is 3.93. The van der Waals surface area contributed by atoms with E-state index in [2.05, 4.69) is 10.1 Å². The zero-order valence-electron chi connectivity index (χ0n) is 14.8. The van der Waals surface area contributed by atoms with Gasteiger partial charge in [0.15, 0.2) is 5.82 Å². The van der Waals surface area contributed by atoms with Gasteiger partial charge in [-0.15, -0.1) is 5.10 Å². The van der Waals surface area contributed by atoms with Crippen molar-refractivity contribution in [2.45, 2.75) is 0 Å². The number of rotatable bonds is 3. The molecular formula is C19H13Cl2FN4OS. The van der Waals surface area contributed by atoms with Crippen LogP contribution in [0, 0.1) is 5.82 Å².